The highest BCUT2D eigenvalue weighted by Crippen LogP contribution is 2.33. The number of amides is 1. The van der Waals surface area contributed by atoms with Crippen LogP contribution in [0.15, 0.2) is 24.3 Å². The third-order valence-electron chi connectivity index (χ3n) is 4.35. The van der Waals surface area contributed by atoms with Crippen LogP contribution in [0.25, 0.3) is 0 Å². The molecule has 3 atom stereocenters. The molecule has 1 aliphatic rings. The Morgan fingerprint density at radius 1 is 1.32 bits per heavy atom. The number of rotatable bonds is 3. The average molecular weight is 306 g/mol. The van der Waals surface area contributed by atoms with Gasteiger partial charge in [0.25, 0.3) is 0 Å². The zero-order valence-corrected chi connectivity index (χ0v) is 13.9. The van der Waals surface area contributed by atoms with Crippen LogP contribution in [0.3, 0.4) is 0 Å². The Hall–Kier alpha value is -1.42. The van der Waals surface area contributed by atoms with Crippen LogP contribution >= 0.6 is 0 Å². The van der Waals surface area contributed by atoms with Crippen molar-refractivity contribution in [3.8, 4) is 0 Å². The lowest BCUT2D eigenvalue weighted by molar-refractivity contribution is -0.127. The first-order valence-corrected chi connectivity index (χ1v) is 8.06. The molecular formula is C18H27FN2O. The van der Waals surface area contributed by atoms with E-state index in [1.54, 1.807) is 12.1 Å². The van der Waals surface area contributed by atoms with Gasteiger partial charge in [-0.15, -0.1) is 0 Å². The minimum atomic E-state index is -0.255. The van der Waals surface area contributed by atoms with Crippen LogP contribution in [-0.4, -0.2) is 18.5 Å². The van der Waals surface area contributed by atoms with Crippen LogP contribution < -0.4 is 10.6 Å². The molecule has 0 aliphatic carbocycles. The van der Waals surface area contributed by atoms with E-state index in [-0.39, 0.29) is 29.1 Å². The zero-order valence-electron chi connectivity index (χ0n) is 13.9. The van der Waals surface area contributed by atoms with Gasteiger partial charge in [0.2, 0.25) is 5.91 Å². The molecule has 22 heavy (non-hydrogen) atoms. The van der Waals surface area contributed by atoms with Crippen LogP contribution in [0.1, 0.15) is 52.1 Å². The van der Waals surface area contributed by atoms with E-state index in [1.165, 1.54) is 12.1 Å². The Bertz CT molecular complexity index is 507. The lowest BCUT2D eigenvalue weighted by atomic mass is 9.81. The van der Waals surface area contributed by atoms with E-state index in [9.17, 15) is 9.18 Å². The molecule has 0 radical (unpaired) electrons. The molecule has 1 heterocycles. The van der Waals surface area contributed by atoms with Crippen molar-refractivity contribution in [3.63, 3.8) is 0 Å². The molecule has 1 saturated heterocycles. The summed E-state index contributed by atoms with van der Waals surface area (Å²) < 4.78 is 13.1. The molecule has 1 aliphatic heterocycles. The summed E-state index contributed by atoms with van der Waals surface area (Å²) in [5, 5.41) is 6.56. The Morgan fingerprint density at radius 2 is 1.95 bits per heavy atom. The van der Waals surface area contributed by atoms with Crippen molar-refractivity contribution in [1.29, 1.82) is 0 Å². The first kappa shape index (κ1) is 16.9. The van der Waals surface area contributed by atoms with Crippen LogP contribution in [0.4, 0.5) is 4.39 Å². The molecule has 0 saturated carbocycles. The molecule has 2 N–H and O–H groups in total. The predicted octanol–water partition coefficient (Wildman–Crippen LogP) is 3.42. The van der Waals surface area contributed by atoms with Crippen molar-refractivity contribution in [2.45, 2.75) is 52.6 Å². The number of nitrogens with one attached hydrogen (secondary N) is 2. The molecule has 4 heteroatoms. The third-order valence-corrected chi connectivity index (χ3v) is 4.35. The SMILES string of the molecule is C[C@H]1C[C@@H](C(=O)NC(c2ccc(F)cc2)C(C)(C)C)CCN1. The van der Waals surface area contributed by atoms with Gasteiger partial charge in [0, 0.05) is 12.0 Å². The molecule has 2 rings (SSSR count). The van der Waals surface area contributed by atoms with Gasteiger partial charge in [-0.05, 0) is 49.4 Å². The van der Waals surface area contributed by atoms with E-state index >= 15 is 0 Å². The molecule has 3 nitrogen and oxygen atoms in total. The Morgan fingerprint density at radius 3 is 2.50 bits per heavy atom. The van der Waals surface area contributed by atoms with E-state index in [0.29, 0.717) is 6.04 Å². The van der Waals surface area contributed by atoms with E-state index in [4.69, 9.17) is 0 Å². The van der Waals surface area contributed by atoms with Gasteiger partial charge in [0.05, 0.1) is 6.04 Å². The summed E-state index contributed by atoms with van der Waals surface area (Å²) in [6, 6.07) is 6.68. The summed E-state index contributed by atoms with van der Waals surface area (Å²) in [6.45, 7) is 9.27. The van der Waals surface area contributed by atoms with Crippen LogP contribution in [0.2, 0.25) is 0 Å². The number of piperidine rings is 1. The smallest absolute Gasteiger partial charge is 0.223 e. The van der Waals surface area contributed by atoms with Gasteiger partial charge in [-0.25, -0.2) is 4.39 Å². The quantitative estimate of drug-likeness (QED) is 0.898. The summed E-state index contributed by atoms with van der Waals surface area (Å²) >= 11 is 0. The number of benzene rings is 1. The maximum Gasteiger partial charge on any atom is 0.223 e. The molecule has 1 unspecified atom stereocenters. The molecule has 1 fully saturated rings. The summed E-state index contributed by atoms with van der Waals surface area (Å²) in [5.74, 6) is -0.0888. The summed E-state index contributed by atoms with van der Waals surface area (Å²) in [6.07, 6.45) is 1.74. The monoisotopic (exact) mass is 306 g/mol. The van der Waals surface area contributed by atoms with Crippen molar-refractivity contribution in [2.24, 2.45) is 11.3 Å². The highest BCUT2D eigenvalue weighted by atomic mass is 19.1. The first-order chi connectivity index (χ1) is 10.3. The van der Waals surface area contributed by atoms with Crippen molar-refractivity contribution in [3.05, 3.63) is 35.6 Å². The van der Waals surface area contributed by atoms with Crippen LogP contribution in [0.5, 0.6) is 0 Å². The predicted molar refractivity (Wildman–Crippen MR) is 86.9 cm³/mol. The molecule has 1 amide bonds. The molecule has 0 aromatic heterocycles. The van der Waals surface area contributed by atoms with Gasteiger partial charge < -0.3 is 10.6 Å². The van der Waals surface area contributed by atoms with Crippen LogP contribution in [-0.2, 0) is 4.79 Å². The Balaban J connectivity index is 2.13. The van der Waals surface area contributed by atoms with Crippen molar-refractivity contribution in [2.75, 3.05) is 6.54 Å². The summed E-state index contributed by atoms with van der Waals surface area (Å²) in [5.41, 5.74) is 0.815. The lowest BCUT2D eigenvalue weighted by Gasteiger charge is -2.35. The van der Waals surface area contributed by atoms with Crippen molar-refractivity contribution in [1.82, 2.24) is 10.6 Å². The van der Waals surface area contributed by atoms with Gasteiger partial charge in [-0.1, -0.05) is 32.9 Å². The van der Waals surface area contributed by atoms with Gasteiger partial charge in [-0.3, -0.25) is 4.79 Å². The summed E-state index contributed by atoms with van der Waals surface area (Å²) in [4.78, 5) is 12.6. The molecule has 1 aromatic carbocycles. The number of carbonyl (C=O) groups excluding carboxylic acids is 1. The summed E-state index contributed by atoms with van der Waals surface area (Å²) in [7, 11) is 0. The second kappa shape index (κ2) is 6.78. The second-order valence-corrected chi connectivity index (χ2v) is 7.44. The zero-order chi connectivity index (χ0) is 16.3. The second-order valence-electron chi connectivity index (χ2n) is 7.44. The van der Waals surface area contributed by atoms with Crippen molar-refractivity contribution < 1.29 is 9.18 Å². The van der Waals surface area contributed by atoms with E-state index in [0.717, 1.165) is 24.9 Å². The van der Waals surface area contributed by atoms with Gasteiger partial charge >= 0.3 is 0 Å². The maximum atomic E-state index is 13.1. The first-order valence-electron chi connectivity index (χ1n) is 8.06. The average Bonchev–Trinajstić information content (AvgIpc) is 2.44. The molecular weight excluding hydrogens is 279 g/mol. The molecule has 122 valence electrons. The fourth-order valence-electron chi connectivity index (χ4n) is 3.09. The number of halogens is 1. The van der Waals surface area contributed by atoms with E-state index < -0.39 is 0 Å². The lowest BCUT2D eigenvalue weighted by Crippen LogP contribution is -2.45. The molecule has 0 spiro atoms. The van der Waals surface area contributed by atoms with E-state index in [2.05, 4.69) is 38.3 Å². The molecule has 1 aromatic rings. The third kappa shape index (κ3) is 4.29. The fourth-order valence-corrected chi connectivity index (χ4v) is 3.09. The minimum absolute atomic E-state index is 0.0570. The topological polar surface area (TPSA) is 41.1 Å². The van der Waals surface area contributed by atoms with Gasteiger partial charge in [0.15, 0.2) is 0 Å². The van der Waals surface area contributed by atoms with Gasteiger partial charge in [0.1, 0.15) is 5.82 Å². The Kier molecular flexibility index (Phi) is 5.22. The molecule has 0 bridgehead atoms. The number of hydrogen-bond acceptors (Lipinski definition) is 2. The van der Waals surface area contributed by atoms with Gasteiger partial charge in [-0.2, -0.15) is 0 Å². The van der Waals surface area contributed by atoms with Crippen molar-refractivity contribution >= 4 is 5.91 Å². The number of carbonyl (C=O) groups is 1. The maximum absolute atomic E-state index is 13.1. The Labute approximate surface area is 132 Å². The standard InChI is InChI=1S/C18H27FN2O/c1-12-11-14(9-10-20-12)17(22)21-16(18(2,3)4)13-5-7-15(19)8-6-13/h5-8,12,14,16,20H,9-11H2,1-4H3,(H,21,22)/t12-,14-,16?/m0/s1. The highest BCUT2D eigenvalue weighted by molar-refractivity contribution is 5.79. The van der Waals surface area contributed by atoms with Crippen LogP contribution in [0, 0.1) is 17.2 Å². The largest absolute Gasteiger partial charge is 0.349 e. The highest BCUT2D eigenvalue weighted by Gasteiger charge is 2.31. The minimum Gasteiger partial charge on any atom is -0.349 e. The fraction of sp³-hybridized carbons (Fsp3) is 0.611. The number of hydrogen-bond donors (Lipinski definition) is 2. The van der Waals surface area contributed by atoms with E-state index in [1.807, 2.05) is 0 Å². The normalized spacial score (nSPS) is 23.9.